The minimum Gasteiger partial charge on any atom is -0.389 e. The summed E-state index contributed by atoms with van der Waals surface area (Å²) in [7, 11) is 0. The number of hydrogen-bond donors (Lipinski definition) is 1. The number of aliphatic hydroxyl groups is 1. The lowest BCUT2D eigenvalue weighted by atomic mass is 9.60. The molecule has 3 saturated carbocycles. The summed E-state index contributed by atoms with van der Waals surface area (Å²) < 4.78 is 0. The van der Waals surface area contributed by atoms with E-state index in [1.165, 1.54) is 50.5 Å². The summed E-state index contributed by atoms with van der Waals surface area (Å²) in [6.45, 7) is 0. The summed E-state index contributed by atoms with van der Waals surface area (Å²) in [5.74, 6) is 1.38. The van der Waals surface area contributed by atoms with Crippen LogP contribution in [0.4, 0.5) is 0 Å². The van der Waals surface area contributed by atoms with E-state index in [1.54, 1.807) is 0 Å². The second-order valence-electron chi connectivity index (χ2n) is 7.16. The summed E-state index contributed by atoms with van der Waals surface area (Å²) in [6, 6.07) is 10.7. The van der Waals surface area contributed by atoms with Crippen molar-refractivity contribution in [2.45, 2.75) is 57.0 Å². The van der Waals surface area contributed by atoms with E-state index in [0.717, 1.165) is 12.3 Å². The SMILES string of the molecule is O[C@]1(Cc2ccccc2)[C@@H]2CC[C@@H](C2)C12CCCC2. The molecule has 3 fully saturated rings. The minimum absolute atomic E-state index is 0.270. The third-order valence-electron chi connectivity index (χ3n) is 6.56. The van der Waals surface area contributed by atoms with Crippen molar-refractivity contribution in [3.05, 3.63) is 35.9 Å². The van der Waals surface area contributed by atoms with E-state index in [-0.39, 0.29) is 5.41 Å². The zero-order valence-electron chi connectivity index (χ0n) is 11.6. The molecule has 19 heavy (non-hydrogen) atoms. The van der Waals surface area contributed by atoms with Gasteiger partial charge in [-0.15, -0.1) is 0 Å². The molecule has 0 saturated heterocycles. The smallest absolute Gasteiger partial charge is 0.0774 e. The molecule has 0 amide bonds. The third kappa shape index (κ3) is 1.51. The number of benzene rings is 1. The first-order valence-electron chi connectivity index (χ1n) is 8.01. The van der Waals surface area contributed by atoms with Gasteiger partial charge >= 0.3 is 0 Å². The van der Waals surface area contributed by atoms with E-state index < -0.39 is 5.60 Å². The molecule has 102 valence electrons. The first-order chi connectivity index (χ1) is 9.25. The zero-order chi connectivity index (χ0) is 12.9. The average molecular weight is 256 g/mol. The highest BCUT2D eigenvalue weighted by Gasteiger charge is 2.66. The maximum Gasteiger partial charge on any atom is 0.0774 e. The molecule has 1 aromatic carbocycles. The topological polar surface area (TPSA) is 20.2 Å². The van der Waals surface area contributed by atoms with E-state index in [4.69, 9.17) is 0 Å². The van der Waals surface area contributed by atoms with Gasteiger partial charge in [0.05, 0.1) is 5.60 Å². The Morgan fingerprint density at radius 1 is 1.00 bits per heavy atom. The van der Waals surface area contributed by atoms with Crippen molar-refractivity contribution in [1.29, 1.82) is 0 Å². The average Bonchev–Trinajstić information content (AvgIpc) is 3.12. The molecule has 0 radical (unpaired) electrons. The van der Waals surface area contributed by atoms with E-state index in [2.05, 4.69) is 30.3 Å². The van der Waals surface area contributed by atoms with Crippen LogP contribution in [0.15, 0.2) is 30.3 Å². The van der Waals surface area contributed by atoms with Crippen LogP contribution in [0, 0.1) is 17.3 Å². The summed E-state index contributed by atoms with van der Waals surface area (Å²) in [5.41, 5.74) is 1.18. The van der Waals surface area contributed by atoms with Crippen molar-refractivity contribution in [2.75, 3.05) is 0 Å². The van der Waals surface area contributed by atoms with Crippen molar-refractivity contribution >= 4 is 0 Å². The Balaban J connectivity index is 1.71. The number of fused-ring (bicyclic) bond motifs is 3. The highest BCUT2D eigenvalue weighted by Crippen LogP contribution is 2.68. The van der Waals surface area contributed by atoms with Crippen LogP contribution in [0.5, 0.6) is 0 Å². The van der Waals surface area contributed by atoms with Gasteiger partial charge in [-0.25, -0.2) is 0 Å². The molecule has 3 aliphatic rings. The van der Waals surface area contributed by atoms with Crippen LogP contribution in [0.2, 0.25) is 0 Å². The van der Waals surface area contributed by atoms with Gasteiger partial charge < -0.3 is 5.11 Å². The minimum atomic E-state index is -0.409. The predicted octanol–water partition coefficient (Wildman–Crippen LogP) is 3.95. The van der Waals surface area contributed by atoms with Gasteiger partial charge in [-0.3, -0.25) is 0 Å². The quantitative estimate of drug-likeness (QED) is 0.849. The van der Waals surface area contributed by atoms with Crippen molar-refractivity contribution in [2.24, 2.45) is 17.3 Å². The maximum absolute atomic E-state index is 11.6. The lowest BCUT2D eigenvalue weighted by Crippen LogP contribution is -2.52. The molecule has 1 N–H and O–H groups in total. The van der Waals surface area contributed by atoms with Crippen molar-refractivity contribution in [3.63, 3.8) is 0 Å². The van der Waals surface area contributed by atoms with Crippen LogP contribution in [0.3, 0.4) is 0 Å². The molecule has 0 unspecified atom stereocenters. The van der Waals surface area contributed by atoms with E-state index >= 15 is 0 Å². The molecule has 3 aliphatic carbocycles. The standard InChI is InChI=1S/C18H24O/c19-18(13-14-6-2-1-3-7-14)16-9-8-15(12-16)17(18)10-4-5-11-17/h1-3,6-7,15-16,19H,4-5,8-13H2/t15-,16+,18+/m0/s1. The molecule has 2 bridgehead atoms. The van der Waals surface area contributed by atoms with Crippen LogP contribution in [0.1, 0.15) is 50.5 Å². The lowest BCUT2D eigenvalue weighted by molar-refractivity contribution is -0.120. The van der Waals surface area contributed by atoms with E-state index in [1.807, 2.05) is 0 Å². The monoisotopic (exact) mass is 256 g/mol. The molecule has 1 nitrogen and oxygen atoms in total. The van der Waals surface area contributed by atoms with E-state index in [9.17, 15) is 5.11 Å². The second-order valence-corrected chi connectivity index (χ2v) is 7.16. The van der Waals surface area contributed by atoms with Crippen molar-refractivity contribution in [1.82, 2.24) is 0 Å². The third-order valence-corrected chi connectivity index (χ3v) is 6.56. The molecule has 0 heterocycles. The Bertz CT molecular complexity index is 460. The van der Waals surface area contributed by atoms with E-state index in [0.29, 0.717) is 5.92 Å². The van der Waals surface area contributed by atoms with Crippen LogP contribution in [0.25, 0.3) is 0 Å². The highest BCUT2D eigenvalue weighted by molar-refractivity contribution is 5.24. The Hall–Kier alpha value is -0.820. The molecular formula is C18H24O. The zero-order valence-corrected chi connectivity index (χ0v) is 11.6. The van der Waals surface area contributed by atoms with Crippen LogP contribution in [-0.4, -0.2) is 10.7 Å². The first-order valence-corrected chi connectivity index (χ1v) is 8.01. The summed E-state index contributed by atoms with van der Waals surface area (Å²) in [4.78, 5) is 0. The van der Waals surface area contributed by atoms with Crippen molar-refractivity contribution < 1.29 is 5.11 Å². The first kappa shape index (κ1) is 12.0. The molecule has 1 spiro atoms. The molecule has 1 heteroatoms. The normalized spacial score (nSPS) is 39.2. The van der Waals surface area contributed by atoms with Gasteiger partial charge in [0, 0.05) is 11.8 Å². The highest BCUT2D eigenvalue weighted by atomic mass is 16.3. The summed E-state index contributed by atoms with van der Waals surface area (Å²) in [5, 5.41) is 11.6. The Morgan fingerprint density at radius 3 is 2.42 bits per heavy atom. The lowest BCUT2D eigenvalue weighted by Gasteiger charge is -2.49. The Kier molecular flexibility index (Phi) is 2.57. The molecule has 4 rings (SSSR count). The molecule has 1 aromatic rings. The largest absolute Gasteiger partial charge is 0.389 e. The number of rotatable bonds is 2. The van der Waals surface area contributed by atoms with Gasteiger partial charge in [-0.05, 0) is 49.5 Å². The Morgan fingerprint density at radius 2 is 1.68 bits per heavy atom. The predicted molar refractivity (Wildman–Crippen MR) is 76.8 cm³/mol. The van der Waals surface area contributed by atoms with Gasteiger partial charge in [0.1, 0.15) is 0 Å². The second kappa shape index (κ2) is 4.09. The Labute approximate surface area is 116 Å². The fourth-order valence-corrected chi connectivity index (χ4v) is 5.75. The summed E-state index contributed by atoms with van der Waals surface area (Å²) >= 11 is 0. The van der Waals surface area contributed by atoms with Gasteiger partial charge in [-0.2, -0.15) is 0 Å². The molecular weight excluding hydrogens is 232 g/mol. The molecule has 0 aliphatic heterocycles. The van der Waals surface area contributed by atoms with Crippen molar-refractivity contribution in [3.8, 4) is 0 Å². The van der Waals surface area contributed by atoms with Crippen LogP contribution in [-0.2, 0) is 6.42 Å². The van der Waals surface area contributed by atoms with Gasteiger partial charge in [-0.1, -0.05) is 43.2 Å². The fourth-order valence-electron chi connectivity index (χ4n) is 5.75. The van der Waals surface area contributed by atoms with Crippen LogP contribution >= 0.6 is 0 Å². The van der Waals surface area contributed by atoms with Gasteiger partial charge in [0.15, 0.2) is 0 Å². The van der Waals surface area contributed by atoms with Gasteiger partial charge in [0.25, 0.3) is 0 Å². The number of hydrogen-bond acceptors (Lipinski definition) is 1. The van der Waals surface area contributed by atoms with Gasteiger partial charge in [0.2, 0.25) is 0 Å². The fraction of sp³-hybridized carbons (Fsp3) is 0.667. The van der Waals surface area contributed by atoms with Crippen LogP contribution < -0.4 is 0 Å². The maximum atomic E-state index is 11.6. The molecule has 0 aromatic heterocycles. The summed E-state index contributed by atoms with van der Waals surface area (Å²) in [6.07, 6.45) is 10.0. The molecule has 3 atom stereocenters.